The molecule has 32 heavy (non-hydrogen) atoms. The number of carbonyl (C=O) groups excluding carboxylic acids is 3. The molecule has 6 rings (SSSR count). The van der Waals surface area contributed by atoms with Crippen LogP contribution in [-0.4, -0.2) is 52.8 Å². The number of rotatable bonds is 4. The number of hydrogen-bond acceptors (Lipinski definition) is 5. The number of fused-ring (bicyclic) bond motifs is 2. The second-order valence-electron chi connectivity index (χ2n) is 9.24. The van der Waals surface area contributed by atoms with Crippen LogP contribution in [0.15, 0.2) is 48.5 Å². The van der Waals surface area contributed by atoms with Crippen LogP contribution >= 0.6 is 0 Å². The third-order valence-corrected chi connectivity index (χ3v) is 7.30. The van der Waals surface area contributed by atoms with Gasteiger partial charge in [0.15, 0.2) is 0 Å². The summed E-state index contributed by atoms with van der Waals surface area (Å²) in [5.41, 5.74) is 3.76. The standard InChI is InChI=1S/C25H25N3O4/c29-22-9-8-20(23(30)26-22)28-14-17-12-18(6-7-19(17)24(28)31)25-10-11-27(15-21(25)32-25)13-16-4-2-1-3-5-16/h1-7,12,20-21H,8-11,13-15H2,(H,26,29,30). The molecule has 4 aliphatic rings. The Bertz CT molecular complexity index is 1120. The van der Waals surface area contributed by atoms with Crippen molar-refractivity contribution < 1.29 is 19.1 Å². The molecule has 3 unspecified atom stereocenters. The van der Waals surface area contributed by atoms with Gasteiger partial charge in [0.05, 0.1) is 0 Å². The van der Waals surface area contributed by atoms with Gasteiger partial charge in [-0.25, -0.2) is 0 Å². The summed E-state index contributed by atoms with van der Waals surface area (Å²) < 4.78 is 6.24. The van der Waals surface area contributed by atoms with E-state index in [1.54, 1.807) is 4.90 Å². The van der Waals surface area contributed by atoms with Crippen LogP contribution in [0, 0.1) is 0 Å². The molecule has 164 valence electrons. The average molecular weight is 431 g/mol. The molecule has 2 aromatic rings. The fourth-order valence-electron chi connectivity index (χ4n) is 5.50. The van der Waals surface area contributed by atoms with Crippen molar-refractivity contribution in [2.45, 2.75) is 50.1 Å². The Balaban J connectivity index is 1.16. The number of hydrogen-bond donors (Lipinski definition) is 1. The van der Waals surface area contributed by atoms with Crippen LogP contribution in [0.4, 0.5) is 0 Å². The maximum absolute atomic E-state index is 12.9. The lowest BCUT2D eigenvalue weighted by Crippen LogP contribution is -2.52. The maximum Gasteiger partial charge on any atom is 0.255 e. The van der Waals surface area contributed by atoms with Crippen molar-refractivity contribution in [3.63, 3.8) is 0 Å². The number of amides is 3. The number of imide groups is 1. The molecule has 1 N–H and O–H groups in total. The molecule has 0 bridgehead atoms. The summed E-state index contributed by atoms with van der Waals surface area (Å²) in [6.07, 6.45) is 1.73. The molecule has 4 heterocycles. The minimum absolute atomic E-state index is 0.135. The van der Waals surface area contributed by atoms with Crippen molar-refractivity contribution in [1.82, 2.24) is 15.1 Å². The highest BCUT2D eigenvalue weighted by atomic mass is 16.6. The summed E-state index contributed by atoms with van der Waals surface area (Å²) in [7, 11) is 0. The molecule has 3 fully saturated rings. The monoisotopic (exact) mass is 431 g/mol. The van der Waals surface area contributed by atoms with Gasteiger partial charge in [-0.15, -0.1) is 0 Å². The highest BCUT2D eigenvalue weighted by Gasteiger charge is 2.60. The van der Waals surface area contributed by atoms with E-state index < -0.39 is 6.04 Å². The third-order valence-electron chi connectivity index (χ3n) is 7.30. The number of nitrogens with one attached hydrogen (secondary N) is 1. The van der Waals surface area contributed by atoms with Gasteiger partial charge in [0, 0.05) is 38.2 Å². The lowest BCUT2D eigenvalue weighted by Gasteiger charge is -2.29. The van der Waals surface area contributed by atoms with Crippen LogP contribution in [0.5, 0.6) is 0 Å². The Hall–Kier alpha value is -3.03. The average Bonchev–Trinajstić information content (AvgIpc) is 3.44. The van der Waals surface area contributed by atoms with Gasteiger partial charge in [-0.3, -0.25) is 24.6 Å². The van der Waals surface area contributed by atoms with Crippen LogP contribution in [0.1, 0.15) is 46.3 Å². The van der Waals surface area contributed by atoms with Gasteiger partial charge >= 0.3 is 0 Å². The molecule has 7 nitrogen and oxygen atoms in total. The van der Waals surface area contributed by atoms with Crippen LogP contribution in [0.2, 0.25) is 0 Å². The van der Waals surface area contributed by atoms with Crippen molar-refractivity contribution in [2.75, 3.05) is 13.1 Å². The zero-order chi connectivity index (χ0) is 21.9. The molecule has 3 amide bonds. The van der Waals surface area contributed by atoms with Crippen LogP contribution in [-0.2, 0) is 33.0 Å². The first kappa shape index (κ1) is 19.6. The Labute approximate surface area is 186 Å². The number of carbonyl (C=O) groups is 3. The first-order valence-corrected chi connectivity index (χ1v) is 11.3. The number of nitrogens with zero attached hydrogens (tertiary/aromatic N) is 2. The molecule has 0 aromatic heterocycles. The Morgan fingerprint density at radius 2 is 1.94 bits per heavy atom. The Kier molecular flexibility index (Phi) is 4.45. The molecular formula is C25H25N3O4. The fourth-order valence-corrected chi connectivity index (χ4v) is 5.50. The lowest BCUT2D eigenvalue weighted by molar-refractivity contribution is -0.136. The minimum Gasteiger partial charge on any atom is -0.360 e. The SMILES string of the molecule is O=C1CCC(N2Cc3cc(C45CCN(Cc6ccccc6)CC4O5)ccc3C2=O)C(=O)N1. The van der Waals surface area contributed by atoms with Gasteiger partial charge in [-0.1, -0.05) is 42.5 Å². The van der Waals surface area contributed by atoms with Gasteiger partial charge in [-0.05, 0) is 35.6 Å². The third kappa shape index (κ3) is 3.15. The summed E-state index contributed by atoms with van der Waals surface area (Å²) in [5, 5.41) is 2.35. The quantitative estimate of drug-likeness (QED) is 0.591. The number of likely N-dealkylation sites (tertiary alicyclic amines) is 1. The van der Waals surface area contributed by atoms with Gasteiger partial charge in [0.25, 0.3) is 5.91 Å². The molecular weight excluding hydrogens is 406 g/mol. The highest BCUT2D eigenvalue weighted by molar-refractivity contribution is 6.05. The topological polar surface area (TPSA) is 82.2 Å². The zero-order valence-corrected chi connectivity index (χ0v) is 17.8. The summed E-state index contributed by atoms with van der Waals surface area (Å²) in [6.45, 7) is 3.18. The summed E-state index contributed by atoms with van der Waals surface area (Å²) in [5.74, 6) is -0.783. The van der Waals surface area contributed by atoms with Gasteiger partial charge in [0.2, 0.25) is 11.8 Å². The van der Waals surface area contributed by atoms with E-state index in [-0.39, 0.29) is 35.8 Å². The van der Waals surface area contributed by atoms with Crippen molar-refractivity contribution >= 4 is 17.7 Å². The predicted molar refractivity (Wildman–Crippen MR) is 115 cm³/mol. The molecule has 0 radical (unpaired) electrons. The summed E-state index contributed by atoms with van der Waals surface area (Å²) in [6, 6.07) is 15.9. The van der Waals surface area contributed by atoms with Gasteiger partial charge in [-0.2, -0.15) is 0 Å². The molecule has 0 spiro atoms. The van der Waals surface area contributed by atoms with E-state index in [1.807, 2.05) is 18.2 Å². The molecule has 3 saturated heterocycles. The van der Waals surface area contributed by atoms with Crippen molar-refractivity contribution in [3.05, 3.63) is 70.8 Å². The van der Waals surface area contributed by atoms with E-state index in [1.165, 1.54) is 5.56 Å². The maximum atomic E-state index is 12.9. The van der Waals surface area contributed by atoms with Crippen molar-refractivity contribution in [1.29, 1.82) is 0 Å². The molecule has 0 aliphatic carbocycles. The summed E-state index contributed by atoms with van der Waals surface area (Å²) >= 11 is 0. The van der Waals surface area contributed by atoms with E-state index in [0.29, 0.717) is 18.5 Å². The Morgan fingerprint density at radius 3 is 2.72 bits per heavy atom. The molecule has 4 aliphatic heterocycles. The summed E-state index contributed by atoms with van der Waals surface area (Å²) in [4.78, 5) is 40.7. The van der Waals surface area contributed by atoms with Crippen LogP contribution in [0.3, 0.4) is 0 Å². The van der Waals surface area contributed by atoms with Crippen molar-refractivity contribution in [3.8, 4) is 0 Å². The number of benzene rings is 2. The first-order chi connectivity index (χ1) is 15.5. The largest absolute Gasteiger partial charge is 0.360 e. The lowest BCUT2D eigenvalue weighted by atomic mass is 9.87. The first-order valence-electron chi connectivity index (χ1n) is 11.3. The zero-order valence-electron chi connectivity index (χ0n) is 17.8. The van der Waals surface area contributed by atoms with Crippen LogP contribution in [0.25, 0.3) is 0 Å². The number of ether oxygens (including phenoxy) is 1. The number of piperidine rings is 2. The molecule has 3 atom stereocenters. The number of epoxide rings is 1. The second kappa shape index (κ2) is 7.25. The van der Waals surface area contributed by atoms with Gasteiger partial charge in [0.1, 0.15) is 17.7 Å². The Morgan fingerprint density at radius 1 is 1.09 bits per heavy atom. The minimum atomic E-state index is -0.583. The van der Waals surface area contributed by atoms with E-state index in [9.17, 15) is 14.4 Å². The molecule has 0 saturated carbocycles. The smallest absolute Gasteiger partial charge is 0.255 e. The molecule has 2 aromatic carbocycles. The normalized spacial score (nSPS) is 29.5. The van der Waals surface area contributed by atoms with E-state index in [4.69, 9.17) is 4.74 Å². The predicted octanol–water partition coefficient (Wildman–Crippen LogP) is 1.95. The van der Waals surface area contributed by atoms with Gasteiger partial charge < -0.3 is 9.64 Å². The van der Waals surface area contributed by atoms with E-state index in [0.717, 1.165) is 37.2 Å². The highest BCUT2D eigenvalue weighted by Crippen LogP contribution is 2.52. The second-order valence-corrected chi connectivity index (χ2v) is 9.24. The van der Waals surface area contributed by atoms with Crippen molar-refractivity contribution in [2.24, 2.45) is 0 Å². The van der Waals surface area contributed by atoms with Crippen LogP contribution < -0.4 is 5.32 Å². The van der Waals surface area contributed by atoms with E-state index in [2.05, 4.69) is 40.5 Å². The fraction of sp³-hybridized carbons (Fsp3) is 0.400. The molecule has 7 heteroatoms. The van der Waals surface area contributed by atoms with E-state index >= 15 is 0 Å².